The molecule has 1 aromatic heterocycles. The minimum Gasteiger partial charge on any atom is -0.353 e. The maximum atomic E-state index is 5.65. The molecule has 0 aliphatic carbocycles. The lowest BCUT2D eigenvalue weighted by molar-refractivity contribution is 0.311. The number of nitrogens with zero attached hydrogens (tertiary/aromatic N) is 4. The molecule has 2 rings (SSSR count). The van der Waals surface area contributed by atoms with E-state index in [1.807, 2.05) is 0 Å². The Morgan fingerprint density at radius 2 is 1.87 bits per heavy atom. The Morgan fingerprint density at radius 1 is 1.20 bits per heavy atom. The summed E-state index contributed by atoms with van der Waals surface area (Å²) in [4.78, 5) is 13.2. The van der Waals surface area contributed by atoms with E-state index >= 15 is 0 Å². The second kappa shape index (κ2) is 4.55. The Labute approximate surface area is 89.9 Å². The highest BCUT2D eigenvalue weighted by Gasteiger charge is 2.17. The predicted octanol–water partition coefficient (Wildman–Crippen LogP) is -0.313. The van der Waals surface area contributed by atoms with Crippen LogP contribution in [0.4, 0.5) is 5.82 Å². The van der Waals surface area contributed by atoms with Crippen LogP contribution in [0.25, 0.3) is 0 Å². The van der Waals surface area contributed by atoms with E-state index in [4.69, 9.17) is 5.73 Å². The highest BCUT2D eigenvalue weighted by Crippen LogP contribution is 2.15. The average Bonchev–Trinajstić information content (AvgIpc) is 2.30. The van der Waals surface area contributed by atoms with Crippen molar-refractivity contribution in [3.63, 3.8) is 0 Å². The molecule has 0 amide bonds. The van der Waals surface area contributed by atoms with Crippen LogP contribution in [0.5, 0.6) is 0 Å². The van der Waals surface area contributed by atoms with Gasteiger partial charge in [-0.2, -0.15) is 0 Å². The normalized spacial score (nSPS) is 18.1. The van der Waals surface area contributed by atoms with Gasteiger partial charge in [0.25, 0.3) is 0 Å². The van der Waals surface area contributed by atoms with Crippen molar-refractivity contribution in [1.82, 2.24) is 14.9 Å². The van der Waals surface area contributed by atoms with Crippen molar-refractivity contribution >= 4 is 5.82 Å². The number of anilines is 1. The van der Waals surface area contributed by atoms with Crippen molar-refractivity contribution in [3.8, 4) is 0 Å². The Bertz CT molecular complexity index is 319. The summed E-state index contributed by atoms with van der Waals surface area (Å²) in [6.45, 7) is 4.60. The summed E-state index contributed by atoms with van der Waals surface area (Å²) < 4.78 is 0. The van der Waals surface area contributed by atoms with Crippen LogP contribution in [0.3, 0.4) is 0 Å². The fourth-order valence-corrected chi connectivity index (χ4v) is 1.79. The highest BCUT2D eigenvalue weighted by molar-refractivity contribution is 5.43. The molecule has 1 fully saturated rings. The number of rotatable bonds is 2. The largest absolute Gasteiger partial charge is 0.353 e. The molecular weight excluding hydrogens is 190 g/mol. The summed E-state index contributed by atoms with van der Waals surface area (Å²) in [6.07, 6.45) is 3.43. The molecule has 82 valence electrons. The van der Waals surface area contributed by atoms with Gasteiger partial charge in [-0.25, -0.2) is 4.98 Å². The van der Waals surface area contributed by atoms with E-state index in [0.717, 1.165) is 37.7 Å². The Kier molecular flexibility index (Phi) is 3.13. The lowest BCUT2D eigenvalue weighted by Gasteiger charge is -2.33. The first kappa shape index (κ1) is 10.3. The van der Waals surface area contributed by atoms with E-state index in [1.165, 1.54) is 0 Å². The molecule has 1 saturated heterocycles. The van der Waals surface area contributed by atoms with Gasteiger partial charge in [-0.15, -0.1) is 0 Å². The molecule has 2 N–H and O–H groups in total. The SMILES string of the molecule is CN1CCN(c2nccnc2CN)CC1. The molecule has 1 aliphatic heterocycles. The second-order valence-corrected chi connectivity index (χ2v) is 3.82. The smallest absolute Gasteiger partial charge is 0.151 e. The topological polar surface area (TPSA) is 58.3 Å². The number of hydrogen-bond acceptors (Lipinski definition) is 5. The van der Waals surface area contributed by atoms with Crippen LogP contribution in [0.2, 0.25) is 0 Å². The van der Waals surface area contributed by atoms with E-state index in [-0.39, 0.29) is 0 Å². The summed E-state index contributed by atoms with van der Waals surface area (Å²) in [5, 5.41) is 0. The third-order valence-electron chi connectivity index (χ3n) is 2.75. The third kappa shape index (κ3) is 2.24. The minimum absolute atomic E-state index is 0.454. The maximum absolute atomic E-state index is 5.65. The fraction of sp³-hybridized carbons (Fsp3) is 0.600. The molecule has 0 saturated carbocycles. The number of aromatic nitrogens is 2. The van der Waals surface area contributed by atoms with Gasteiger partial charge >= 0.3 is 0 Å². The fourth-order valence-electron chi connectivity index (χ4n) is 1.79. The first-order chi connectivity index (χ1) is 7.31. The zero-order valence-electron chi connectivity index (χ0n) is 9.06. The maximum Gasteiger partial charge on any atom is 0.151 e. The van der Waals surface area contributed by atoms with E-state index in [9.17, 15) is 0 Å². The molecule has 0 atom stereocenters. The second-order valence-electron chi connectivity index (χ2n) is 3.82. The molecule has 0 aromatic carbocycles. The molecule has 1 aromatic rings. The number of hydrogen-bond donors (Lipinski definition) is 1. The monoisotopic (exact) mass is 207 g/mol. The highest BCUT2D eigenvalue weighted by atomic mass is 15.3. The van der Waals surface area contributed by atoms with Crippen molar-refractivity contribution in [2.45, 2.75) is 6.54 Å². The Morgan fingerprint density at radius 3 is 2.53 bits per heavy atom. The number of piperazine rings is 1. The number of nitrogens with two attached hydrogens (primary N) is 1. The van der Waals surface area contributed by atoms with E-state index in [2.05, 4.69) is 26.8 Å². The van der Waals surface area contributed by atoms with Crippen molar-refractivity contribution in [1.29, 1.82) is 0 Å². The van der Waals surface area contributed by atoms with Gasteiger partial charge in [0.2, 0.25) is 0 Å². The first-order valence-corrected chi connectivity index (χ1v) is 5.24. The standard InChI is InChI=1S/C10H17N5/c1-14-4-6-15(7-5-14)10-9(8-11)12-2-3-13-10/h2-3H,4-8,11H2,1H3. The summed E-state index contributed by atoms with van der Waals surface area (Å²) in [5.41, 5.74) is 6.54. The minimum atomic E-state index is 0.454. The lowest BCUT2D eigenvalue weighted by Crippen LogP contribution is -2.45. The average molecular weight is 207 g/mol. The Balaban J connectivity index is 2.15. The van der Waals surface area contributed by atoms with Crippen LogP contribution in [0, 0.1) is 0 Å². The summed E-state index contributed by atoms with van der Waals surface area (Å²) in [6, 6.07) is 0. The van der Waals surface area contributed by atoms with E-state index < -0.39 is 0 Å². The van der Waals surface area contributed by atoms with Crippen molar-refractivity contribution < 1.29 is 0 Å². The van der Waals surface area contributed by atoms with Crippen LogP contribution < -0.4 is 10.6 Å². The first-order valence-electron chi connectivity index (χ1n) is 5.24. The van der Waals surface area contributed by atoms with Crippen LogP contribution in [0.1, 0.15) is 5.69 Å². The molecule has 0 bridgehead atoms. The zero-order valence-corrected chi connectivity index (χ0v) is 9.06. The van der Waals surface area contributed by atoms with E-state index in [0.29, 0.717) is 6.54 Å². The van der Waals surface area contributed by atoms with Gasteiger partial charge in [-0.3, -0.25) is 4.98 Å². The van der Waals surface area contributed by atoms with Crippen LogP contribution >= 0.6 is 0 Å². The number of likely N-dealkylation sites (N-methyl/N-ethyl adjacent to an activating group) is 1. The van der Waals surface area contributed by atoms with Gasteiger partial charge in [0.05, 0.1) is 5.69 Å². The Hall–Kier alpha value is -1.20. The molecule has 1 aliphatic rings. The van der Waals surface area contributed by atoms with Gasteiger partial charge in [0, 0.05) is 45.1 Å². The van der Waals surface area contributed by atoms with Crippen molar-refractivity contribution in [2.24, 2.45) is 5.73 Å². The van der Waals surface area contributed by atoms with Gasteiger partial charge < -0.3 is 15.5 Å². The van der Waals surface area contributed by atoms with Gasteiger partial charge in [-0.1, -0.05) is 0 Å². The molecule has 5 heteroatoms. The third-order valence-corrected chi connectivity index (χ3v) is 2.75. The molecule has 0 radical (unpaired) electrons. The molecule has 0 unspecified atom stereocenters. The van der Waals surface area contributed by atoms with Gasteiger partial charge in [-0.05, 0) is 7.05 Å². The van der Waals surface area contributed by atoms with Crippen LogP contribution in [-0.4, -0.2) is 48.1 Å². The molecule has 5 nitrogen and oxygen atoms in total. The molecule has 0 spiro atoms. The summed E-state index contributed by atoms with van der Waals surface area (Å²) >= 11 is 0. The molecule has 15 heavy (non-hydrogen) atoms. The van der Waals surface area contributed by atoms with Gasteiger partial charge in [0.1, 0.15) is 0 Å². The quantitative estimate of drug-likeness (QED) is 0.720. The van der Waals surface area contributed by atoms with Gasteiger partial charge in [0.15, 0.2) is 5.82 Å². The predicted molar refractivity (Wildman–Crippen MR) is 59.6 cm³/mol. The zero-order chi connectivity index (χ0) is 10.7. The van der Waals surface area contributed by atoms with Crippen LogP contribution in [0.15, 0.2) is 12.4 Å². The van der Waals surface area contributed by atoms with E-state index in [1.54, 1.807) is 12.4 Å². The summed E-state index contributed by atoms with van der Waals surface area (Å²) in [5.74, 6) is 0.952. The molecule has 2 heterocycles. The van der Waals surface area contributed by atoms with Crippen molar-refractivity contribution in [2.75, 3.05) is 38.1 Å². The lowest BCUT2D eigenvalue weighted by atomic mass is 10.3. The van der Waals surface area contributed by atoms with Crippen LogP contribution in [-0.2, 0) is 6.54 Å². The van der Waals surface area contributed by atoms with Crippen molar-refractivity contribution in [3.05, 3.63) is 18.1 Å². The molecular formula is C10H17N5. The summed E-state index contributed by atoms with van der Waals surface area (Å²) in [7, 11) is 2.14.